The first-order valence-electron chi connectivity index (χ1n) is 15.3. The van der Waals surface area contributed by atoms with Crippen molar-refractivity contribution in [3.63, 3.8) is 0 Å². The van der Waals surface area contributed by atoms with Crippen LogP contribution >= 0.6 is 0 Å². The maximum absolute atomic E-state index is 5.08. The summed E-state index contributed by atoms with van der Waals surface area (Å²) in [5.41, 5.74) is 13.7. The Labute approximate surface area is 254 Å². The van der Waals surface area contributed by atoms with Gasteiger partial charge in [0.1, 0.15) is 0 Å². The van der Waals surface area contributed by atoms with Crippen molar-refractivity contribution < 1.29 is 0 Å². The molecule has 7 aromatic carbocycles. The maximum atomic E-state index is 5.08. The molecule has 2 heterocycles. The van der Waals surface area contributed by atoms with Gasteiger partial charge in [0.05, 0.1) is 11.2 Å². The molecule has 1 aliphatic heterocycles. The Balaban J connectivity index is 1.42. The molecule has 0 saturated carbocycles. The lowest BCUT2D eigenvalue weighted by atomic mass is 9.82. The Morgan fingerprint density at radius 1 is 0.523 bits per heavy atom. The van der Waals surface area contributed by atoms with Gasteiger partial charge in [-0.25, -0.2) is 0 Å². The van der Waals surface area contributed by atoms with Crippen LogP contribution in [-0.2, 0) is 0 Å². The summed E-state index contributed by atoms with van der Waals surface area (Å²) in [4.78, 5) is 5.08. The van der Waals surface area contributed by atoms with Crippen LogP contribution in [-0.4, -0.2) is 11.5 Å². The van der Waals surface area contributed by atoms with Crippen LogP contribution in [0.5, 0.6) is 0 Å². The maximum Gasteiger partial charge on any atom is 0.0946 e. The summed E-state index contributed by atoms with van der Waals surface area (Å²) in [6.45, 7) is 0.822. The van der Waals surface area contributed by atoms with Crippen molar-refractivity contribution >= 4 is 55.0 Å². The Bertz CT molecular complexity index is 2530. The van der Waals surface area contributed by atoms with Gasteiger partial charge in [-0.05, 0) is 77.7 Å². The molecular formula is C42H26N2. The minimum absolute atomic E-state index is 0.822. The van der Waals surface area contributed by atoms with Gasteiger partial charge < -0.3 is 5.32 Å². The fraction of sp³-hybridized carbons (Fsp3) is 0.0238. The molecule has 8 aromatic rings. The molecule has 0 unspecified atom stereocenters. The van der Waals surface area contributed by atoms with Crippen molar-refractivity contribution in [1.82, 2.24) is 4.98 Å². The van der Waals surface area contributed by atoms with Crippen LogP contribution < -0.4 is 5.32 Å². The zero-order valence-corrected chi connectivity index (χ0v) is 23.9. The van der Waals surface area contributed by atoms with E-state index >= 15 is 0 Å². The largest absolute Gasteiger partial charge is 0.379 e. The number of hydrogen-bond donors (Lipinski definition) is 1. The van der Waals surface area contributed by atoms with Gasteiger partial charge in [0.25, 0.3) is 0 Å². The number of aromatic nitrogens is 1. The second kappa shape index (κ2) is 8.89. The lowest BCUT2D eigenvalue weighted by Gasteiger charge is -2.20. The molecule has 0 atom stereocenters. The Kier molecular flexibility index (Phi) is 4.81. The van der Waals surface area contributed by atoms with Crippen LogP contribution in [0.1, 0.15) is 5.56 Å². The zero-order chi connectivity index (χ0) is 28.8. The van der Waals surface area contributed by atoms with Crippen LogP contribution in [0.3, 0.4) is 0 Å². The zero-order valence-electron chi connectivity index (χ0n) is 23.9. The molecule has 2 heteroatoms. The number of anilines is 1. The number of pyridine rings is 1. The van der Waals surface area contributed by atoms with E-state index in [4.69, 9.17) is 4.98 Å². The third kappa shape index (κ3) is 3.12. The summed E-state index contributed by atoms with van der Waals surface area (Å²) in [5, 5.41) is 12.4. The molecule has 1 aromatic heterocycles. The monoisotopic (exact) mass is 558 g/mol. The molecule has 1 N–H and O–H groups in total. The Hall–Kier alpha value is -5.73. The minimum atomic E-state index is 0.822. The van der Waals surface area contributed by atoms with Gasteiger partial charge in [0.15, 0.2) is 0 Å². The number of rotatable bonds is 2. The van der Waals surface area contributed by atoms with E-state index in [1.165, 1.54) is 87.8 Å². The Morgan fingerprint density at radius 3 is 1.91 bits per heavy atom. The fourth-order valence-electron chi connectivity index (χ4n) is 7.85. The van der Waals surface area contributed by atoms with Crippen LogP contribution in [0, 0.1) is 0 Å². The van der Waals surface area contributed by atoms with E-state index < -0.39 is 0 Å². The number of fused-ring (bicyclic) bond motifs is 10. The summed E-state index contributed by atoms with van der Waals surface area (Å²) in [6, 6.07) is 44.6. The smallest absolute Gasteiger partial charge is 0.0946 e. The second-order valence-corrected chi connectivity index (χ2v) is 11.9. The summed E-state index contributed by atoms with van der Waals surface area (Å²) in [7, 11) is 0. The highest BCUT2D eigenvalue weighted by atomic mass is 14.9. The quantitative estimate of drug-likeness (QED) is 0.213. The minimum Gasteiger partial charge on any atom is -0.379 e. The van der Waals surface area contributed by atoms with E-state index in [2.05, 4.69) is 145 Å². The molecule has 204 valence electrons. The molecule has 0 radical (unpaired) electrons. The Morgan fingerprint density at radius 2 is 1.18 bits per heavy atom. The molecule has 44 heavy (non-hydrogen) atoms. The topological polar surface area (TPSA) is 24.9 Å². The van der Waals surface area contributed by atoms with Crippen LogP contribution in [0.25, 0.3) is 93.8 Å². The summed E-state index contributed by atoms with van der Waals surface area (Å²) >= 11 is 0. The number of nitrogens with one attached hydrogen (secondary N) is 1. The fourth-order valence-corrected chi connectivity index (χ4v) is 7.85. The van der Waals surface area contributed by atoms with Gasteiger partial charge in [0, 0.05) is 28.9 Å². The lowest BCUT2D eigenvalue weighted by molar-refractivity contribution is 1.31. The third-order valence-electron chi connectivity index (χ3n) is 9.58. The molecule has 2 nitrogen and oxygen atoms in total. The molecule has 0 spiro atoms. The van der Waals surface area contributed by atoms with Crippen molar-refractivity contribution in [1.29, 1.82) is 0 Å². The van der Waals surface area contributed by atoms with E-state index in [1.807, 2.05) is 0 Å². The van der Waals surface area contributed by atoms with Gasteiger partial charge in [0.2, 0.25) is 0 Å². The molecular weight excluding hydrogens is 532 g/mol. The van der Waals surface area contributed by atoms with Crippen molar-refractivity contribution in [2.45, 2.75) is 0 Å². The van der Waals surface area contributed by atoms with Crippen LogP contribution in [0.2, 0.25) is 0 Å². The third-order valence-corrected chi connectivity index (χ3v) is 9.58. The van der Waals surface area contributed by atoms with Crippen molar-refractivity contribution in [3.05, 3.63) is 139 Å². The first kappa shape index (κ1) is 23.8. The van der Waals surface area contributed by atoms with Crippen molar-refractivity contribution in [2.75, 3.05) is 11.9 Å². The molecule has 0 saturated heterocycles. The predicted molar refractivity (Wildman–Crippen MR) is 187 cm³/mol. The second-order valence-electron chi connectivity index (χ2n) is 11.9. The average molecular weight is 559 g/mol. The SMILES string of the molecule is C1=Cc2ccc3c(ncc4cc5c6c(cccc6c43)-c3c-5c(-c4ccccc4)c4ccccc4c3-c3ccccc3)c2NC1. The van der Waals surface area contributed by atoms with Gasteiger partial charge in [-0.3, -0.25) is 4.98 Å². The molecule has 1 aliphatic carbocycles. The van der Waals surface area contributed by atoms with Gasteiger partial charge in [-0.15, -0.1) is 0 Å². The normalized spacial score (nSPS) is 13.0. The number of benzene rings is 7. The van der Waals surface area contributed by atoms with E-state index in [1.54, 1.807) is 0 Å². The van der Waals surface area contributed by atoms with E-state index in [0.29, 0.717) is 0 Å². The standard InChI is InChI=1S/C42H26N2/c1-3-11-25(12-4-1)36-29-16-7-8-17-30(29)37(26-13-5-2-6-14-26)40-34-23-28-24-44-42-33(21-20-27-15-10-22-43-41(27)42)35(28)31-18-9-19-32(38(31)34)39(36)40/h1-21,23-24,43H,22H2. The summed E-state index contributed by atoms with van der Waals surface area (Å²) < 4.78 is 0. The average Bonchev–Trinajstić information content (AvgIpc) is 3.42. The summed E-state index contributed by atoms with van der Waals surface area (Å²) in [5.74, 6) is 0. The summed E-state index contributed by atoms with van der Waals surface area (Å²) in [6.07, 6.45) is 6.45. The number of hydrogen-bond acceptors (Lipinski definition) is 2. The van der Waals surface area contributed by atoms with E-state index in [0.717, 1.165) is 17.7 Å². The molecule has 0 fully saturated rings. The van der Waals surface area contributed by atoms with Gasteiger partial charge in [-0.2, -0.15) is 0 Å². The van der Waals surface area contributed by atoms with Crippen LogP contribution in [0.4, 0.5) is 5.69 Å². The highest BCUT2D eigenvalue weighted by molar-refractivity contribution is 6.33. The van der Waals surface area contributed by atoms with Crippen molar-refractivity contribution in [2.24, 2.45) is 0 Å². The first-order chi connectivity index (χ1) is 21.9. The molecule has 10 rings (SSSR count). The molecule has 2 aliphatic rings. The highest BCUT2D eigenvalue weighted by Gasteiger charge is 2.31. The first-order valence-corrected chi connectivity index (χ1v) is 15.3. The predicted octanol–water partition coefficient (Wildman–Crippen LogP) is 11.1. The van der Waals surface area contributed by atoms with Gasteiger partial charge in [-0.1, -0.05) is 127 Å². The number of nitrogens with zero attached hydrogens (tertiary/aromatic N) is 1. The molecule has 0 amide bonds. The van der Waals surface area contributed by atoms with Gasteiger partial charge >= 0.3 is 0 Å². The van der Waals surface area contributed by atoms with E-state index in [9.17, 15) is 0 Å². The lowest BCUT2D eigenvalue weighted by Crippen LogP contribution is -2.05. The highest BCUT2D eigenvalue weighted by Crippen LogP contribution is 2.58. The van der Waals surface area contributed by atoms with E-state index in [-0.39, 0.29) is 0 Å². The van der Waals surface area contributed by atoms with Crippen LogP contribution in [0.15, 0.2) is 134 Å². The molecule has 0 bridgehead atoms. The van der Waals surface area contributed by atoms with Crippen molar-refractivity contribution in [3.8, 4) is 44.5 Å².